The third-order valence-electron chi connectivity index (χ3n) is 4.25. The normalized spacial score (nSPS) is 21.8. The molecule has 0 bridgehead atoms. The molecule has 130 valence electrons. The minimum absolute atomic E-state index is 0.0523. The smallest absolute Gasteiger partial charge is 0.246 e. The molecule has 3 heterocycles. The molecule has 0 unspecified atom stereocenters. The van der Waals surface area contributed by atoms with Crippen LogP contribution in [0.2, 0.25) is 0 Å². The number of aromatic amines is 1. The maximum atomic E-state index is 12.0. The lowest BCUT2D eigenvalue weighted by Crippen LogP contribution is -2.52. The number of nitrogens with zero attached hydrogens (tertiary/aromatic N) is 3. The SMILES string of the molecule is COCC(=O)N[C@@H]1CN(Cc2ccoc2)CC[C@@H]1c1n[nH]c(C)n1. The maximum absolute atomic E-state index is 12.0. The van der Waals surface area contributed by atoms with Crippen molar-refractivity contribution in [3.63, 3.8) is 0 Å². The quantitative estimate of drug-likeness (QED) is 0.813. The van der Waals surface area contributed by atoms with Crippen molar-refractivity contribution in [2.45, 2.75) is 31.8 Å². The summed E-state index contributed by atoms with van der Waals surface area (Å²) in [7, 11) is 1.52. The molecule has 8 nitrogen and oxygen atoms in total. The van der Waals surface area contributed by atoms with Gasteiger partial charge in [-0.05, 0) is 26.0 Å². The van der Waals surface area contributed by atoms with Crippen LogP contribution in [0.3, 0.4) is 0 Å². The zero-order valence-electron chi connectivity index (χ0n) is 14.0. The van der Waals surface area contributed by atoms with Gasteiger partial charge in [-0.25, -0.2) is 4.98 Å². The van der Waals surface area contributed by atoms with Crippen molar-refractivity contribution in [1.29, 1.82) is 0 Å². The second kappa shape index (κ2) is 7.59. The number of furan rings is 1. The van der Waals surface area contributed by atoms with Gasteiger partial charge in [0.1, 0.15) is 12.4 Å². The van der Waals surface area contributed by atoms with E-state index in [-0.39, 0.29) is 24.5 Å². The Labute approximate surface area is 140 Å². The van der Waals surface area contributed by atoms with Crippen molar-refractivity contribution in [3.8, 4) is 0 Å². The van der Waals surface area contributed by atoms with Crippen LogP contribution in [0.15, 0.2) is 23.0 Å². The van der Waals surface area contributed by atoms with Crippen molar-refractivity contribution in [3.05, 3.63) is 35.8 Å². The van der Waals surface area contributed by atoms with Gasteiger partial charge in [0.05, 0.1) is 18.6 Å². The Bertz CT molecular complexity index is 654. The molecule has 0 saturated carbocycles. The highest BCUT2D eigenvalue weighted by molar-refractivity contribution is 5.77. The molecule has 0 radical (unpaired) electrons. The summed E-state index contributed by atoms with van der Waals surface area (Å²) in [5.74, 6) is 1.52. The highest BCUT2D eigenvalue weighted by Crippen LogP contribution is 2.27. The number of hydrogen-bond acceptors (Lipinski definition) is 6. The fourth-order valence-electron chi connectivity index (χ4n) is 3.16. The van der Waals surface area contributed by atoms with E-state index in [1.54, 1.807) is 12.5 Å². The number of hydrogen-bond donors (Lipinski definition) is 2. The molecule has 3 rings (SSSR count). The maximum Gasteiger partial charge on any atom is 0.246 e. The first-order chi connectivity index (χ1) is 11.7. The third kappa shape index (κ3) is 4.01. The van der Waals surface area contributed by atoms with E-state index in [0.29, 0.717) is 0 Å². The molecule has 2 aromatic rings. The Morgan fingerprint density at radius 1 is 1.58 bits per heavy atom. The Kier molecular flexibility index (Phi) is 5.27. The van der Waals surface area contributed by atoms with Gasteiger partial charge < -0.3 is 14.5 Å². The fourth-order valence-corrected chi connectivity index (χ4v) is 3.16. The van der Waals surface area contributed by atoms with Crippen molar-refractivity contribution in [2.75, 3.05) is 26.8 Å². The Hall–Kier alpha value is -2.19. The topological polar surface area (TPSA) is 96.3 Å². The predicted octanol–water partition coefficient (Wildman–Crippen LogP) is 0.827. The highest BCUT2D eigenvalue weighted by Gasteiger charge is 2.33. The minimum atomic E-state index is -0.120. The van der Waals surface area contributed by atoms with Gasteiger partial charge in [-0.2, -0.15) is 5.10 Å². The van der Waals surface area contributed by atoms with Gasteiger partial charge in [-0.1, -0.05) is 0 Å². The number of rotatable bonds is 6. The van der Waals surface area contributed by atoms with Crippen LogP contribution in [-0.2, 0) is 16.1 Å². The number of H-pyrrole nitrogens is 1. The number of likely N-dealkylation sites (tertiary alicyclic amines) is 1. The highest BCUT2D eigenvalue weighted by atomic mass is 16.5. The number of ether oxygens (including phenoxy) is 1. The van der Waals surface area contributed by atoms with Crippen LogP contribution < -0.4 is 5.32 Å². The van der Waals surface area contributed by atoms with E-state index in [1.165, 1.54) is 7.11 Å². The Morgan fingerprint density at radius 2 is 2.46 bits per heavy atom. The van der Waals surface area contributed by atoms with Crippen molar-refractivity contribution in [2.24, 2.45) is 0 Å². The lowest BCUT2D eigenvalue weighted by molar-refractivity contribution is -0.126. The van der Waals surface area contributed by atoms with E-state index >= 15 is 0 Å². The van der Waals surface area contributed by atoms with E-state index in [1.807, 2.05) is 13.0 Å². The predicted molar refractivity (Wildman–Crippen MR) is 86.3 cm³/mol. The van der Waals surface area contributed by atoms with E-state index in [9.17, 15) is 4.79 Å². The molecule has 1 fully saturated rings. The second-order valence-electron chi connectivity index (χ2n) is 6.15. The Morgan fingerprint density at radius 3 is 3.12 bits per heavy atom. The molecule has 0 aliphatic carbocycles. The van der Waals surface area contributed by atoms with E-state index in [2.05, 4.69) is 25.4 Å². The molecule has 2 atom stereocenters. The summed E-state index contributed by atoms with van der Waals surface area (Å²) in [4.78, 5) is 18.8. The lowest BCUT2D eigenvalue weighted by Gasteiger charge is -2.37. The van der Waals surface area contributed by atoms with E-state index < -0.39 is 0 Å². The van der Waals surface area contributed by atoms with Gasteiger partial charge in [-0.3, -0.25) is 14.8 Å². The zero-order valence-corrected chi connectivity index (χ0v) is 14.0. The number of amides is 1. The summed E-state index contributed by atoms with van der Waals surface area (Å²) >= 11 is 0. The number of methoxy groups -OCH3 is 1. The lowest BCUT2D eigenvalue weighted by atomic mass is 9.90. The summed E-state index contributed by atoms with van der Waals surface area (Å²) in [5.41, 5.74) is 1.13. The molecule has 2 aromatic heterocycles. The third-order valence-corrected chi connectivity index (χ3v) is 4.25. The Balaban J connectivity index is 1.70. The van der Waals surface area contributed by atoms with Crippen molar-refractivity contribution < 1.29 is 13.9 Å². The standard InChI is InChI=1S/C16H23N5O3/c1-11-17-16(20-19-11)13-3-5-21(7-12-4-6-24-9-12)8-14(13)18-15(22)10-23-2/h4,6,9,13-14H,3,5,7-8,10H2,1-2H3,(H,18,22)(H,17,19,20)/t13-,14+/m0/s1. The van der Waals surface area contributed by atoms with Crippen LogP contribution in [-0.4, -0.2) is 58.8 Å². The first kappa shape index (κ1) is 16.7. The molecule has 1 aliphatic heterocycles. The fraction of sp³-hybridized carbons (Fsp3) is 0.562. The molecular weight excluding hydrogens is 310 g/mol. The number of aryl methyl sites for hydroxylation is 1. The van der Waals surface area contributed by atoms with Gasteiger partial charge in [0.25, 0.3) is 0 Å². The molecule has 8 heteroatoms. The minimum Gasteiger partial charge on any atom is -0.472 e. The molecular formula is C16H23N5O3. The average molecular weight is 333 g/mol. The second-order valence-corrected chi connectivity index (χ2v) is 6.15. The summed E-state index contributed by atoms with van der Waals surface area (Å²) in [6.45, 7) is 4.38. The summed E-state index contributed by atoms with van der Waals surface area (Å²) < 4.78 is 10.1. The van der Waals surface area contributed by atoms with Crippen LogP contribution >= 0.6 is 0 Å². The largest absolute Gasteiger partial charge is 0.472 e. The van der Waals surface area contributed by atoms with Crippen LogP contribution in [0.4, 0.5) is 0 Å². The van der Waals surface area contributed by atoms with Crippen molar-refractivity contribution in [1.82, 2.24) is 25.4 Å². The van der Waals surface area contributed by atoms with E-state index in [0.717, 1.165) is 43.3 Å². The van der Waals surface area contributed by atoms with E-state index in [4.69, 9.17) is 9.15 Å². The van der Waals surface area contributed by atoms with Crippen LogP contribution in [0.5, 0.6) is 0 Å². The van der Waals surface area contributed by atoms with Crippen molar-refractivity contribution >= 4 is 5.91 Å². The summed E-state index contributed by atoms with van der Waals surface area (Å²) in [6, 6.07) is 1.91. The average Bonchev–Trinajstić information content (AvgIpc) is 3.20. The van der Waals surface area contributed by atoms with Gasteiger partial charge in [-0.15, -0.1) is 0 Å². The molecule has 0 aromatic carbocycles. The molecule has 1 aliphatic rings. The molecule has 24 heavy (non-hydrogen) atoms. The number of aromatic nitrogens is 3. The van der Waals surface area contributed by atoms with Crippen LogP contribution in [0, 0.1) is 6.92 Å². The summed E-state index contributed by atoms with van der Waals surface area (Å²) in [6.07, 6.45) is 4.31. The number of piperidine rings is 1. The number of carbonyl (C=O) groups is 1. The van der Waals surface area contributed by atoms with Crippen LogP contribution in [0.1, 0.15) is 29.6 Å². The van der Waals surface area contributed by atoms with Gasteiger partial charge in [0, 0.05) is 31.7 Å². The molecule has 1 saturated heterocycles. The molecule has 2 N–H and O–H groups in total. The first-order valence-corrected chi connectivity index (χ1v) is 8.06. The number of carbonyl (C=O) groups excluding carboxylic acids is 1. The zero-order chi connectivity index (χ0) is 16.9. The summed E-state index contributed by atoms with van der Waals surface area (Å²) in [5, 5.41) is 10.2. The molecule has 1 amide bonds. The van der Waals surface area contributed by atoms with Gasteiger partial charge >= 0.3 is 0 Å². The molecule has 0 spiro atoms. The number of nitrogens with one attached hydrogen (secondary N) is 2. The monoisotopic (exact) mass is 333 g/mol. The first-order valence-electron chi connectivity index (χ1n) is 8.06. The van der Waals surface area contributed by atoms with Gasteiger partial charge in [0.2, 0.25) is 5.91 Å². The van der Waals surface area contributed by atoms with Gasteiger partial charge in [0.15, 0.2) is 5.82 Å². The van der Waals surface area contributed by atoms with Crippen LogP contribution in [0.25, 0.3) is 0 Å².